The van der Waals surface area contributed by atoms with Crippen molar-refractivity contribution in [1.29, 1.82) is 0 Å². The minimum atomic E-state index is -0.331. The molecule has 5 nitrogen and oxygen atoms in total. The van der Waals surface area contributed by atoms with Gasteiger partial charge in [-0.2, -0.15) is 0 Å². The van der Waals surface area contributed by atoms with Crippen molar-refractivity contribution in [2.24, 2.45) is 5.92 Å². The van der Waals surface area contributed by atoms with Crippen LogP contribution >= 0.6 is 0 Å². The number of carbonyl (C=O) groups excluding carboxylic acids is 2. The van der Waals surface area contributed by atoms with E-state index < -0.39 is 0 Å². The Morgan fingerprint density at radius 3 is 2.39 bits per heavy atom. The number of halogens is 1. The highest BCUT2D eigenvalue weighted by Gasteiger charge is 2.25. The average molecular weight is 383 g/mol. The predicted molar refractivity (Wildman–Crippen MR) is 108 cm³/mol. The van der Waals surface area contributed by atoms with Gasteiger partial charge in [0.05, 0.1) is 0 Å². The monoisotopic (exact) mass is 383 g/mol. The smallest absolute Gasteiger partial charge is 0.223 e. The number of benzene rings is 2. The van der Waals surface area contributed by atoms with Gasteiger partial charge in [-0.05, 0) is 68.1 Å². The first-order chi connectivity index (χ1) is 13.6. The SMILES string of the molecule is CNC1CCC(C(=O)NCc2cc(-c3ccc(NC=O)cc3)ccc2F)CC1. The van der Waals surface area contributed by atoms with E-state index in [1.807, 2.05) is 19.2 Å². The summed E-state index contributed by atoms with van der Waals surface area (Å²) in [6, 6.07) is 12.7. The molecule has 1 aliphatic carbocycles. The van der Waals surface area contributed by atoms with Crippen LogP contribution in [0.25, 0.3) is 11.1 Å². The van der Waals surface area contributed by atoms with Gasteiger partial charge in [0.15, 0.2) is 0 Å². The van der Waals surface area contributed by atoms with Crippen LogP contribution in [0.4, 0.5) is 10.1 Å². The second-order valence-electron chi connectivity index (χ2n) is 7.20. The molecule has 3 rings (SSSR count). The van der Waals surface area contributed by atoms with Crippen molar-refractivity contribution < 1.29 is 14.0 Å². The van der Waals surface area contributed by atoms with Crippen molar-refractivity contribution >= 4 is 18.0 Å². The van der Waals surface area contributed by atoms with E-state index in [1.54, 1.807) is 24.3 Å². The zero-order chi connectivity index (χ0) is 19.9. The fraction of sp³-hybridized carbons (Fsp3) is 0.364. The molecule has 2 aromatic rings. The Morgan fingerprint density at radius 1 is 1.07 bits per heavy atom. The summed E-state index contributed by atoms with van der Waals surface area (Å²) in [6.45, 7) is 0.176. The zero-order valence-electron chi connectivity index (χ0n) is 16.0. The standard InChI is InChI=1S/C22H26FN3O2/c1-24-19-7-4-16(5-8-19)22(28)25-13-18-12-17(6-11-21(18)23)15-2-9-20(10-3-15)26-14-27/h2-3,6,9-12,14,16,19,24H,4-5,7-8,13H2,1H3,(H,25,28)(H,26,27). The van der Waals surface area contributed by atoms with Gasteiger partial charge in [-0.15, -0.1) is 0 Å². The van der Waals surface area contributed by atoms with Crippen molar-refractivity contribution in [1.82, 2.24) is 10.6 Å². The lowest BCUT2D eigenvalue weighted by atomic mass is 9.85. The molecule has 6 heteroatoms. The van der Waals surface area contributed by atoms with E-state index in [0.29, 0.717) is 23.7 Å². The zero-order valence-corrected chi connectivity index (χ0v) is 16.0. The minimum Gasteiger partial charge on any atom is -0.352 e. The lowest BCUT2D eigenvalue weighted by molar-refractivity contribution is -0.126. The molecule has 3 N–H and O–H groups in total. The highest BCUT2D eigenvalue weighted by molar-refractivity contribution is 5.79. The Kier molecular flexibility index (Phi) is 6.76. The van der Waals surface area contributed by atoms with E-state index in [0.717, 1.165) is 36.8 Å². The van der Waals surface area contributed by atoms with Crippen molar-refractivity contribution in [3.63, 3.8) is 0 Å². The molecule has 0 heterocycles. The van der Waals surface area contributed by atoms with Gasteiger partial charge < -0.3 is 16.0 Å². The second kappa shape index (κ2) is 9.46. The van der Waals surface area contributed by atoms with Crippen molar-refractivity contribution in [2.75, 3.05) is 12.4 Å². The average Bonchev–Trinajstić information content (AvgIpc) is 2.74. The lowest BCUT2D eigenvalue weighted by Gasteiger charge is -2.27. The molecular weight excluding hydrogens is 357 g/mol. The largest absolute Gasteiger partial charge is 0.352 e. The molecule has 0 radical (unpaired) electrons. The fourth-order valence-corrected chi connectivity index (χ4v) is 3.69. The van der Waals surface area contributed by atoms with E-state index in [4.69, 9.17) is 0 Å². The summed E-state index contributed by atoms with van der Waals surface area (Å²) in [4.78, 5) is 22.9. The van der Waals surface area contributed by atoms with Crippen LogP contribution in [0, 0.1) is 11.7 Å². The Balaban J connectivity index is 1.63. The van der Waals surface area contributed by atoms with Gasteiger partial charge in [0, 0.05) is 29.8 Å². The van der Waals surface area contributed by atoms with Gasteiger partial charge in [0.1, 0.15) is 5.82 Å². The number of carbonyl (C=O) groups is 2. The molecule has 1 fully saturated rings. The van der Waals surface area contributed by atoms with Gasteiger partial charge in [-0.1, -0.05) is 18.2 Å². The quantitative estimate of drug-likeness (QED) is 0.642. The Morgan fingerprint density at radius 2 is 1.75 bits per heavy atom. The van der Waals surface area contributed by atoms with E-state index in [2.05, 4.69) is 16.0 Å². The van der Waals surface area contributed by atoms with Crippen LogP contribution in [0.3, 0.4) is 0 Å². The molecule has 1 saturated carbocycles. The summed E-state index contributed by atoms with van der Waals surface area (Å²) in [5, 5.41) is 8.74. The molecular formula is C22H26FN3O2. The van der Waals surface area contributed by atoms with Gasteiger partial charge in [-0.3, -0.25) is 9.59 Å². The van der Waals surface area contributed by atoms with Gasteiger partial charge in [0.25, 0.3) is 0 Å². The number of rotatable bonds is 7. The number of nitrogens with one attached hydrogen (secondary N) is 3. The fourth-order valence-electron chi connectivity index (χ4n) is 3.69. The number of hydrogen-bond acceptors (Lipinski definition) is 3. The second-order valence-corrected chi connectivity index (χ2v) is 7.20. The van der Waals surface area contributed by atoms with Gasteiger partial charge in [0.2, 0.25) is 12.3 Å². The molecule has 2 aromatic carbocycles. The van der Waals surface area contributed by atoms with Crippen molar-refractivity contribution in [2.45, 2.75) is 38.3 Å². The third-order valence-corrected chi connectivity index (χ3v) is 5.45. The first kappa shape index (κ1) is 20.0. The Bertz CT molecular complexity index is 815. The number of amides is 2. The summed E-state index contributed by atoms with van der Waals surface area (Å²) in [7, 11) is 1.95. The van der Waals surface area contributed by atoms with Crippen LogP contribution in [0.2, 0.25) is 0 Å². The summed E-state index contributed by atoms with van der Waals surface area (Å²) in [5.41, 5.74) is 2.93. The highest BCUT2D eigenvalue weighted by atomic mass is 19.1. The molecule has 0 aliphatic heterocycles. The van der Waals surface area contributed by atoms with Crippen LogP contribution in [-0.4, -0.2) is 25.4 Å². The topological polar surface area (TPSA) is 70.2 Å². The third-order valence-electron chi connectivity index (χ3n) is 5.45. The Hall–Kier alpha value is -2.73. The van der Waals surface area contributed by atoms with Crippen LogP contribution < -0.4 is 16.0 Å². The van der Waals surface area contributed by atoms with E-state index in [1.165, 1.54) is 6.07 Å². The van der Waals surface area contributed by atoms with Gasteiger partial charge in [-0.25, -0.2) is 4.39 Å². The predicted octanol–water partition coefficient (Wildman–Crippen LogP) is 3.46. The normalized spacial score (nSPS) is 19.1. The van der Waals surface area contributed by atoms with Crippen molar-refractivity contribution in [3.8, 4) is 11.1 Å². The maximum absolute atomic E-state index is 14.2. The molecule has 1 aliphatic rings. The number of anilines is 1. The molecule has 0 atom stereocenters. The van der Waals surface area contributed by atoms with Crippen LogP contribution in [0.5, 0.6) is 0 Å². The number of hydrogen-bond donors (Lipinski definition) is 3. The van der Waals surface area contributed by atoms with E-state index in [-0.39, 0.29) is 24.2 Å². The molecule has 0 saturated heterocycles. The minimum absolute atomic E-state index is 0.00338. The molecule has 0 aromatic heterocycles. The maximum Gasteiger partial charge on any atom is 0.223 e. The molecule has 28 heavy (non-hydrogen) atoms. The molecule has 0 unspecified atom stereocenters. The van der Waals surface area contributed by atoms with Crippen molar-refractivity contribution in [3.05, 3.63) is 53.8 Å². The first-order valence-electron chi connectivity index (χ1n) is 9.64. The third kappa shape index (κ3) is 4.95. The highest BCUT2D eigenvalue weighted by Crippen LogP contribution is 2.26. The molecule has 0 bridgehead atoms. The molecule has 148 valence electrons. The van der Waals surface area contributed by atoms with Crippen LogP contribution in [0.1, 0.15) is 31.2 Å². The summed E-state index contributed by atoms with van der Waals surface area (Å²) < 4.78 is 14.2. The lowest BCUT2D eigenvalue weighted by Crippen LogP contribution is -2.37. The molecule has 0 spiro atoms. The van der Waals surface area contributed by atoms with Crippen LogP contribution in [-0.2, 0) is 16.1 Å². The Labute approximate surface area is 164 Å². The first-order valence-corrected chi connectivity index (χ1v) is 9.64. The van der Waals surface area contributed by atoms with E-state index >= 15 is 0 Å². The molecule has 2 amide bonds. The summed E-state index contributed by atoms with van der Waals surface area (Å²) in [5.74, 6) is -0.320. The summed E-state index contributed by atoms with van der Waals surface area (Å²) in [6.07, 6.45) is 4.34. The summed E-state index contributed by atoms with van der Waals surface area (Å²) >= 11 is 0. The van der Waals surface area contributed by atoms with Crippen LogP contribution in [0.15, 0.2) is 42.5 Å². The maximum atomic E-state index is 14.2. The van der Waals surface area contributed by atoms with E-state index in [9.17, 15) is 14.0 Å². The van der Waals surface area contributed by atoms with Gasteiger partial charge >= 0.3 is 0 Å².